The highest BCUT2D eigenvalue weighted by Gasteiger charge is 2.58. The molecule has 0 saturated carbocycles. The fourth-order valence-corrected chi connectivity index (χ4v) is 10.5. The van der Waals surface area contributed by atoms with Gasteiger partial charge in [0.1, 0.15) is 34.8 Å². The molecular weight excluding hydrogens is 823 g/mol. The molecule has 0 spiro atoms. The molecule has 370 valence electrons. The molecule has 3 fully saturated rings. The van der Waals surface area contributed by atoms with Crippen molar-refractivity contribution < 1.29 is 58.4 Å². The van der Waals surface area contributed by atoms with Crippen LogP contribution in [0.25, 0.3) is 0 Å². The number of hydrogen-bond donors (Lipinski definition) is 6. The molecule has 3 aliphatic heterocycles. The van der Waals surface area contributed by atoms with Gasteiger partial charge in [-0.2, -0.15) is 0 Å². The molecule has 0 amide bonds. The molecule has 3 aliphatic rings. The summed E-state index contributed by atoms with van der Waals surface area (Å²) < 4.78 is 46.5. The van der Waals surface area contributed by atoms with E-state index in [2.05, 4.69) is 36.3 Å². The van der Waals surface area contributed by atoms with E-state index < -0.39 is 95.5 Å². The summed E-state index contributed by atoms with van der Waals surface area (Å²) in [5, 5.41) is 55.2. The zero-order valence-corrected chi connectivity index (χ0v) is 41.5. The number of nitrogens with one attached hydrogen (secondary N) is 2. The van der Waals surface area contributed by atoms with E-state index in [0.717, 1.165) is 19.5 Å². The van der Waals surface area contributed by atoms with Crippen molar-refractivity contribution in [2.45, 2.75) is 212 Å². The van der Waals surface area contributed by atoms with Crippen LogP contribution in [0.2, 0.25) is 0 Å². The van der Waals surface area contributed by atoms with Crippen molar-refractivity contribution in [3.05, 3.63) is 30.3 Å². The van der Waals surface area contributed by atoms with Crippen LogP contribution < -0.4 is 15.4 Å². The Bertz CT molecular complexity index is 1550. The molecule has 1 aromatic rings. The van der Waals surface area contributed by atoms with Crippen molar-refractivity contribution in [3.8, 4) is 5.75 Å². The second kappa shape index (κ2) is 23.3. The largest absolute Gasteiger partial charge is 0.483 e. The monoisotopic (exact) mass is 910 g/mol. The van der Waals surface area contributed by atoms with E-state index in [1.54, 1.807) is 41.7 Å². The van der Waals surface area contributed by atoms with E-state index in [1.165, 1.54) is 6.92 Å². The number of para-hydroxylation sites is 1. The quantitative estimate of drug-likeness (QED) is 0.104. The first-order chi connectivity index (χ1) is 30.0. The van der Waals surface area contributed by atoms with Crippen LogP contribution in [0.15, 0.2) is 30.3 Å². The minimum atomic E-state index is -1.82. The first kappa shape index (κ1) is 54.6. The van der Waals surface area contributed by atoms with E-state index in [-0.39, 0.29) is 43.9 Å². The molecule has 1 aromatic carbocycles. The maximum atomic E-state index is 14.6. The molecule has 15 nitrogen and oxygen atoms in total. The lowest BCUT2D eigenvalue weighted by atomic mass is 9.75. The lowest BCUT2D eigenvalue weighted by Crippen LogP contribution is -2.70. The predicted octanol–water partition coefficient (Wildman–Crippen LogP) is 4.80. The number of likely N-dealkylation sites (N-methyl/N-ethyl adjacent to an activating group) is 1. The van der Waals surface area contributed by atoms with E-state index in [4.69, 9.17) is 33.2 Å². The maximum Gasteiger partial charge on any atom is 0.311 e. The van der Waals surface area contributed by atoms with Crippen LogP contribution in [0.1, 0.15) is 122 Å². The number of carbonyl (C=O) groups is 1. The Kier molecular flexibility index (Phi) is 19.9. The highest BCUT2D eigenvalue weighted by molar-refractivity contribution is 5.73. The fraction of sp³-hybridized carbons (Fsp3) is 0.857. The van der Waals surface area contributed by atoms with E-state index in [1.807, 2.05) is 58.0 Å². The van der Waals surface area contributed by atoms with Crippen LogP contribution in [0.4, 0.5) is 0 Å². The van der Waals surface area contributed by atoms with Gasteiger partial charge in [0.25, 0.3) is 0 Å². The van der Waals surface area contributed by atoms with Gasteiger partial charge < -0.3 is 64.2 Å². The molecule has 15 heteroatoms. The SMILES string of the molecule is CCCNC[C@]1(O)[C@H](C)O[C@@H](O[C@H]2[C@H](C)[C@@H](O[C@@H]3O[C@H](C)C[C@H](N(CC)CC)[C@H]3Oc3ccccc3)[C@](C)(O)C[C@@H](C)CN[C@H](C)[C@@H](O)[C@](C)(O)[C@@H](CC)OC(=O)[C@@H]2C)C[C@@]1(C)OC. The normalized spacial score (nSPS) is 43.3. The molecular formula is C49H87N3O12. The third-order valence-corrected chi connectivity index (χ3v) is 14.6. The molecule has 64 heavy (non-hydrogen) atoms. The number of aliphatic hydroxyl groups excluding tert-OH is 1. The van der Waals surface area contributed by atoms with Gasteiger partial charge in [-0.1, -0.05) is 59.7 Å². The third-order valence-electron chi connectivity index (χ3n) is 14.6. The molecule has 0 radical (unpaired) electrons. The minimum absolute atomic E-state index is 0.100. The van der Waals surface area contributed by atoms with E-state index in [9.17, 15) is 25.2 Å². The van der Waals surface area contributed by atoms with Crippen molar-refractivity contribution in [3.63, 3.8) is 0 Å². The lowest BCUT2D eigenvalue weighted by Gasteiger charge is -2.53. The minimum Gasteiger partial charge on any atom is -0.483 e. The predicted molar refractivity (Wildman–Crippen MR) is 246 cm³/mol. The van der Waals surface area contributed by atoms with Gasteiger partial charge in [-0.15, -0.1) is 0 Å². The van der Waals surface area contributed by atoms with Crippen LogP contribution in [-0.4, -0.2) is 161 Å². The lowest BCUT2D eigenvalue weighted by molar-refractivity contribution is -0.336. The zero-order valence-electron chi connectivity index (χ0n) is 41.5. The molecule has 4 rings (SSSR count). The second-order valence-corrected chi connectivity index (χ2v) is 19.9. The number of rotatable bonds is 15. The van der Waals surface area contributed by atoms with Crippen molar-refractivity contribution in [1.29, 1.82) is 0 Å². The van der Waals surface area contributed by atoms with E-state index in [0.29, 0.717) is 25.3 Å². The number of ether oxygens (including phenoxy) is 7. The van der Waals surface area contributed by atoms with Crippen LogP contribution >= 0.6 is 0 Å². The molecule has 3 heterocycles. The van der Waals surface area contributed by atoms with Crippen molar-refractivity contribution >= 4 is 5.97 Å². The third kappa shape index (κ3) is 12.6. The van der Waals surface area contributed by atoms with Crippen LogP contribution in [0.5, 0.6) is 5.75 Å². The Morgan fingerprint density at radius 3 is 2.16 bits per heavy atom. The molecule has 6 N–H and O–H groups in total. The average molecular weight is 910 g/mol. The van der Waals surface area contributed by atoms with Crippen LogP contribution in [-0.2, 0) is 33.2 Å². The second-order valence-electron chi connectivity index (χ2n) is 19.9. The number of methoxy groups -OCH3 is 1. The first-order valence-corrected chi connectivity index (χ1v) is 24.2. The van der Waals surface area contributed by atoms with Crippen molar-refractivity contribution in [2.75, 3.05) is 39.8 Å². The first-order valence-electron chi connectivity index (χ1n) is 24.2. The Balaban J connectivity index is 1.87. The Morgan fingerprint density at radius 2 is 1.56 bits per heavy atom. The summed E-state index contributed by atoms with van der Waals surface area (Å²) in [7, 11) is 1.56. The summed E-state index contributed by atoms with van der Waals surface area (Å²) in [6.07, 6.45) is -5.87. The molecule has 0 aromatic heterocycles. The topological polar surface area (TPSA) is 190 Å². The van der Waals surface area contributed by atoms with Gasteiger partial charge in [-0.3, -0.25) is 9.69 Å². The molecule has 0 unspecified atom stereocenters. The van der Waals surface area contributed by atoms with Gasteiger partial charge in [-0.25, -0.2) is 0 Å². The standard InChI is InChI=1S/C49H87N3O12/c1-15-24-50-29-49(57)35(10)60-39(27-47(49,12)58-14)63-40-32(7)43(64-45-41(61-36-22-20-19-21-23-36)37(25-31(6)59-45)52(17-3)18-4)46(11,55)26-30(5)28-51-34(9)42(53)48(13,56)38(16-2)62-44(54)33(40)8/h19-23,30-35,37-43,45,50-51,53,55-57H,15-18,24-29H2,1-14H3/t30-,31-,32+,33-,34-,35+,37+,38-,39+,40+,41-,42-,43-,45+,46-,47-,48-,49+/m1/s1. The fourth-order valence-electron chi connectivity index (χ4n) is 10.5. The van der Waals surface area contributed by atoms with Crippen molar-refractivity contribution in [2.24, 2.45) is 17.8 Å². The number of cyclic esters (lactones) is 1. The molecule has 18 atom stereocenters. The number of aliphatic hydroxyl groups is 4. The summed E-state index contributed by atoms with van der Waals surface area (Å²) >= 11 is 0. The van der Waals surface area contributed by atoms with Gasteiger partial charge in [-0.05, 0) is 118 Å². The van der Waals surface area contributed by atoms with Gasteiger partial charge in [0.15, 0.2) is 18.7 Å². The van der Waals surface area contributed by atoms with Crippen molar-refractivity contribution in [1.82, 2.24) is 15.5 Å². The molecule has 0 bridgehead atoms. The summed E-state index contributed by atoms with van der Waals surface area (Å²) in [5.41, 5.74) is -5.96. The Morgan fingerprint density at radius 1 is 0.906 bits per heavy atom. The number of esters is 1. The number of nitrogens with zero attached hydrogens (tertiary/aromatic N) is 1. The maximum absolute atomic E-state index is 14.6. The van der Waals surface area contributed by atoms with Crippen LogP contribution in [0.3, 0.4) is 0 Å². The average Bonchev–Trinajstić information content (AvgIpc) is 3.25. The number of carbonyl (C=O) groups excluding carboxylic acids is 1. The van der Waals surface area contributed by atoms with Crippen LogP contribution in [0, 0.1) is 17.8 Å². The number of hydrogen-bond acceptors (Lipinski definition) is 15. The highest BCUT2D eigenvalue weighted by atomic mass is 16.7. The van der Waals surface area contributed by atoms with Gasteiger partial charge >= 0.3 is 5.97 Å². The zero-order chi connectivity index (χ0) is 47.8. The van der Waals surface area contributed by atoms with Gasteiger partial charge in [0.2, 0.25) is 0 Å². The highest BCUT2D eigenvalue weighted by Crippen LogP contribution is 2.43. The summed E-state index contributed by atoms with van der Waals surface area (Å²) in [6.45, 7) is 27.2. The number of benzene rings is 1. The van der Waals surface area contributed by atoms with Gasteiger partial charge in [0, 0.05) is 32.0 Å². The Hall–Kier alpha value is -1.99. The summed E-state index contributed by atoms with van der Waals surface area (Å²) in [4.78, 5) is 17.0. The van der Waals surface area contributed by atoms with Gasteiger partial charge in [0.05, 0.1) is 42.0 Å². The van der Waals surface area contributed by atoms with E-state index >= 15 is 0 Å². The molecule has 0 aliphatic carbocycles. The Labute approximate surface area is 384 Å². The smallest absolute Gasteiger partial charge is 0.311 e. The summed E-state index contributed by atoms with van der Waals surface area (Å²) in [6, 6.07) is 8.88. The summed E-state index contributed by atoms with van der Waals surface area (Å²) in [5.74, 6) is -1.96. The molecule has 3 saturated heterocycles.